The van der Waals surface area contributed by atoms with Gasteiger partial charge in [0.1, 0.15) is 5.69 Å². The molecule has 0 bridgehead atoms. The average Bonchev–Trinajstić information content (AvgIpc) is 3.34. The molecule has 0 saturated carbocycles. The Bertz CT molecular complexity index is 1110. The highest BCUT2D eigenvalue weighted by Crippen LogP contribution is 2.43. The lowest BCUT2D eigenvalue weighted by molar-refractivity contribution is 0.0354. The predicted molar refractivity (Wildman–Crippen MR) is 128 cm³/mol. The molecule has 1 unspecified atom stereocenters. The minimum absolute atomic E-state index is 0.000309. The van der Waals surface area contributed by atoms with Crippen molar-refractivity contribution in [3.63, 3.8) is 0 Å². The Balaban J connectivity index is 1.47. The molecule has 3 aromatic rings. The standard InChI is InChI=1S/C24H24BrClN4O2/c25-18-4-1-3-17(15-18)23-20-21(16-5-7-19(26)8-6-16)27-28-22(20)24(31)30(23)10-2-9-29-11-13-32-14-12-29/h1,3-8,15,23H,2,9-14H2,(H,27,28). The number of carbonyl (C=O) groups is 1. The first-order valence-electron chi connectivity index (χ1n) is 10.8. The molecule has 0 aliphatic carbocycles. The maximum Gasteiger partial charge on any atom is 0.273 e. The van der Waals surface area contributed by atoms with Gasteiger partial charge in [-0.2, -0.15) is 5.10 Å². The maximum atomic E-state index is 13.4. The van der Waals surface area contributed by atoms with E-state index in [0.717, 1.165) is 66.1 Å². The Morgan fingerprint density at radius 1 is 1.12 bits per heavy atom. The fourth-order valence-corrected chi connectivity index (χ4v) is 5.11. The second kappa shape index (κ2) is 9.35. The largest absolute Gasteiger partial charge is 0.379 e. The summed E-state index contributed by atoms with van der Waals surface area (Å²) < 4.78 is 6.43. The Morgan fingerprint density at radius 2 is 1.91 bits per heavy atom. The molecule has 1 amide bonds. The van der Waals surface area contributed by atoms with Crippen LogP contribution in [0, 0.1) is 0 Å². The summed E-state index contributed by atoms with van der Waals surface area (Å²) in [5.41, 5.74) is 4.31. The molecule has 32 heavy (non-hydrogen) atoms. The monoisotopic (exact) mass is 514 g/mol. The first-order valence-corrected chi connectivity index (χ1v) is 12.0. The zero-order chi connectivity index (χ0) is 22.1. The van der Waals surface area contributed by atoms with Crippen molar-refractivity contribution in [2.45, 2.75) is 12.5 Å². The van der Waals surface area contributed by atoms with Crippen LogP contribution >= 0.6 is 27.5 Å². The Morgan fingerprint density at radius 3 is 2.66 bits per heavy atom. The van der Waals surface area contributed by atoms with Crippen LogP contribution in [0.15, 0.2) is 53.0 Å². The molecule has 1 fully saturated rings. The lowest BCUT2D eigenvalue weighted by Crippen LogP contribution is -2.38. The Labute approximate surface area is 200 Å². The van der Waals surface area contributed by atoms with E-state index in [9.17, 15) is 4.79 Å². The van der Waals surface area contributed by atoms with Crippen molar-refractivity contribution in [1.82, 2.24) is 20.0 Å². The summed E-state index contributed by atoms with van der Waals surface area (Å²) >= 11 is 9.68. The topological polar surface area (TPSA) is 61.5 Å². The van der Waals surface area contributed by atoms with E-state index in [2.05, 4.69) is 43.2 Å². The maximum absolute atomic E-state index is 13.4. The van der Waals surface area contributed by atoms with Gasteiger partial charge in [-0.05, 0) is 36.2 Å². The molecule has 2 aromatic carbocycles. The summed E-state index contributed by atoms with van der Waals surface area (Å²) in [7, 11) is 0. The Kier molecular flexibility index (Phi) is 6.33. The lowest BCUT2D eigenvalue weighted by Gasteiger charge is -2.29. The molecule has 0 spiro atoms. The molecule has 6 nitrogen and oxygen atoms in total. The summed E-state index contributed by atoms with van der Waals surface area (Å²) in [5, 5.41) is 8.22. The third-order valence-electron chi connectivity index (χ3n) is 6.12. The van der Waals surface area contributed by atoms with Crippen LogP contribution in [0.2, 0.25) is 5.02 Å². The van der Waals surface area contributed by atoms with Crippen LogP contribution in [0.25, 0.3) is 11.3 Å². The highest BCUT2D eigenvalue weighted by Gasteiger charge is 2.42. The average molecular weight is 516 g/mol. The van der Waals surface area contributed by atoms with E-state index in [0.29, 0.717) is 17.3 Å². The van der Waals surface area contributed by atoms with Gasteiger partial charge in [0.25, 0.3) is 5.91 Å². The molecular formula is C24H24BrClN4O2. The van der Waals surface area contributed by atoms with Crippen molar-refractivity contribution in [1.29, 1.82) is 0 Å². The molecule has 1 atom stereocenters. The van der Waals surface area contributed by atoms with Gasteiger partial charge >= 0.3 is 0 Å². The van der Waals surface area contributed by atoms with E-state index < -0.39 is 0 Å². The molecular weight excluding hydrogens is 492 g/mol. The smallest absolute Gasteiger partial charge is 0.273 e. The number of nitrogens with zero attached hydrogens (tertiary/aromatic N) is 3. The fourth-order valence-electron chi connectivity index (χ4n) is 4.57. The van der Waals surface area contributed by atoms with Crippen LogP contribution in [0.3, 0.4) is 0 Å². The number of nitrogens with one attached hydrogen (secondary N) is 1. The van der Waals surface area contributed by atoms with Crippen LogP contribution < -0.4 is 0 Å². The Hall–Kier alpha value is -2.19. The summed E-state index contributed by atoms with van der Waals surface area (Å²) in [5.74, 6) is -0.000309. The number of hydrogen-bond acceptors (Lipinski definition) is 4. The van der Waals surface area contributed by atoms with Gasteiger partial charge in [0, 0.05) is 46.8 Å². The molecule has 5 rings (SSSR count). The molecule has 2 aliphatic rings. The number of rotatable bonds is 6. The number of hydrogen-bond donors (Lipinski definition) is 1. The molecule has 1 saturated heterocycles. The first-order chi connectivity index (χ1) is 15.6. The molecule has 3 heterocycles. The number of amides is 1. The summed E-state index contributed by atoms with van der Waals surface area (Å²) in [6, 6.07) is 15.6. The van der Waals surface area contributed by atoms with Gasteiger partial charge in [0.05, 0.1) is 24.9 Å². The van der Waals surface area contributed by atoms with Gasteiger partial charge in [0.15, 0.2) is 0 Å². The number of benzene rings is 2. The molecule has 166 valence electrons. The van der Waals surface area contributed by atoms with E-state index in [-0.39, 0.29) is 11.9 Å². The van der Waals surface area contributed by atoms with Crippen molar-refractivity contribution >= 4 is 33.4 Å². The number of aromatic nitrogens is 2. The third kappa shape index (κ3) is 4.22. The van der Waals surface area contributed by atoms with E-state index in [1.165, 1.54) is 0 Å². The third-order valence-corrected chi connectivity index (χ3v) is 6.87. The number of carbonyl (C=O) groups excluding carboxylic acids is 1. The van der Waals surface area contributed by atoms with Gasteiger partial charge in [-0.3, -0.25) is 14.8 Å². The number of halogens is 2. The fraction of sp³-hybridized carbons (Fsp3) is 0.333. The van der Waals surface area contributed by atoms with Crippen LogP contribution in [-0.2, 0) is 4.74 Å². The zero-order valence-electron chi connectivity index (χ0n) is 17.6. The zero-order valence-corrected chi connectivity index (χ0v) is 19.9. The van der Waals surface area contributed by atoms with Crippen molar-refractivity contribution < 1.29 is 9.53 Å². The van der Waals surface area contributed by atoms with Crippen LogP contribution in [0.1, 0.15) is 34.1 Å². The first kappa shape index (κ1) is 21.6. The number of morpholine rings is 1. The van der Waals surface area contributed by atoms with Crippen molar-refractivity contribution in [3.8, 4) is 11.3 Å². The summed E-state index contributed by atoms with van der Waals surface area (Å²) in [4.78, 5) is 17.8. The van der Waals surface area contributed by atoms with E-state index in [1.807, 2.05) is 41.3 Å². The SMILES string of the molecule is O=C1c2[nH]nc(-c3ccc(Cl)cc3)c2C(c2cccc(Br)c2)N1CCCN1CCOCC1. The second-order valence-corrected chi connectivity index (χ2v) is 9.48. The summed E-state index contributed by atoms with van der Waals surface area (Å²) in [6.07, 6.45) is 0.907. The molecule has 1 N–H and O–H groups in total. The molecule has 8 heteroatoms. The molecule has 1 aromatic heterocycles. The summed E-state index contributed by atoms with van der Waals surface area (Å²) in [6.45, 7) is 5.10. The van der Waals surface area contributed by atoms with Crippen LogP contribution in [0.4, 0.5) is 0 Å². The van der Waals surface area contributed by atoms with Gasteiger partial charge in [0.2, 0.25) is 0 Å². The van der Waals surface area contributed by atoms with Crippen molar-refractivity contribution in [2.75, 3.05) is 39.4 Å². The van der Waals surface area contributed by atoms with E-state index in [1.54, 1.807) is 0 Å². The number of H-pyrrole nitrogens is 1. The van der Waals surface area contributed by atoms with Crippen LogP contribution in [-0.4, -0.2) is 65.3 Å². The quantitative estimate of drug-likeness (QED) is 0.514. The highest BCUT2D eigenvalue weighted by molar-refractivity contribution is 9.10. The van der Waals surface area contributed by atoms with Crippen molar-refractivity contribution in [2.24, 2.45) is 0 Å². The molecule has 2 aliphatic heterocycles. The highest BCUT2D eigenvalue weighted by atomic mass is 79.9. The lowest BCUT2D eigenvalue weighted by atomic mass is 9.96. The number of ether oxygens (including phenoxy) is 1. The van der Waals surface area contributed by atoms with Crippen LogP contribution in [0.5, 0.6) is 0 Å². The van der Waals surface area contributed by atoms with Gasteiger partial charge in [-0.25, -0.2) is 0 Å². The predicted octanol–water partition coefficient (Wildman–Crippen LogP) is 4.76. The van der Waals surface area contributed by atoms with Crippen molar-refractivity contribution in [3.05, 3.63) is 74.8 Å². The van der Waals surface area contributed by atoms with E-state index >= 15 is 0 Å². The number of fused-ring (bicyclic) bond motifs is 1. The normalized spacial score (nSPS) is 18.9. The second-order valence-electron chi connectivity index (χ2n) is 8.13. The van der Waals surface area contributed by atoms with Gasteiger partial charge in [-0.1, -0.05) is 51.8 Å². The van der Waals surface area contributed by atoms with E-state index in [4.69, 9.17) is 16.3 Å². The molecule has 0 radical (unpaired) electrons. The van der Waals surface area contributed by atoms with Gasteiger partial charge < -0.3 is 9.64 Å². The van der Waals surface area contributed by atoms with Gasteiger partial charge in [-0.15, -0.1) is 0 Å². The minimum atomic E-state index is -0.191. The minimum Gasteiger partial charge on any atom is -0.379 e. The number of aromatic amines is 1.